The first-order chi connectivity index (χ1) is 9.72. The van der Waals surface area contributed by atoms with E-state index in [1.807, 2.05) is 0 Å². The van der Waals surface area contributed by atoms with Gasteiger partial charge in [0.1, 0.15) is 0 Å². The summed E-state index contributed by atoms with van der Waals surface area (Å²) in [5, 5.41) is 3.42. The number of methoxy groups -OCH3 is 1. The molecule has 0 radical (unpaired) electrons. The standard InChI is InChI=1S/C16H30N2O2/c1-3-17-13-14-5-10-18(11-6-14)15(19)16(7-4-8-16)9-12-20-2/h14,17H,3-13H2,1-2H3. The highest BCUT2D eigenvalue weighted by Gasteiger charge is 2.46. The van der Waals surface area contributed by atoms with Crippen LogP contribution in [0.5, 0.6) is 0 Å². The van der Waals surface area contributed by atoms with Crippen LogP contribution in [0.3, 0.4) is 0 Å². The summed E-state index contributed by atoms with van der Waals surface area (Å²) in [5.41, 5.74) is -0.0789. The van der Waals surface area contributed by atoms with Crippen LogP contribution in [-0.2, 0) is 9.53 Å². The molecule has 0 aromatic rings. The van der Waals surface area contributed by atoms with Crippen molar-refractivity contribution in [3.8, 4) is 0 Å². The highest BCUT2D eigenvalue weighted by molar-refractivity contribution is 5.83. The SMILES string of the molecule is CCNCC1CCN(C(=O)C2(CCOC)CCC2)CC1. The summed E-state index contributed by atoms with van der Waals surface area (Å²) in [6, 6.07) is 0. The van der Waals surface area contributed by atoms with Gasteiger partial charge in [0.05, 0.1) is 5.41 Å². The Kier molecular flexibility index (Phi) is 5.85. The minimum absolute atomic E-state index is 0.0789. The lowest BCUT2D eigenvalue weighted by atomic mass is 9.65. The Bertz CT molecular complexity index is 308. The van der Waals surface area contributed by atoms with Crippen molar-refractivity contribution in [2.75, 3.05) is 39.9 Å². The Morgan fingerprint density at radius 2 is 2.05 bits per heavy atom. The number of piperidine rings is 1. The van der Waals surface area contributed by atoms with Crippen LogP contribution in [0, 0.1) is 11.3 Å². The first kappa shape index (κ1) is 15.8. The van der Waals surface area contributed by atoms with E-state index in [1.54, 1.807) is 7.11 Å². The summed E-state index contributed by atoms with van der Waals surface area (Å²) >= 11 is 0. The van der Waals surface area contributed by atoms with E-state index in [2.05, 4.69) is 17.1 Å². The van der Waals surface area contributed by atoms with Crippen molar-refractivity contribution in [1.29, 1.82) is 0 Å². The minimum Gasteiger partial charge on any atom is -0.385 e. The fourth-order valence-corrected chi connectivity index (χ4v) is 3.50. The zero-order valence-electron chi connectivity index (χ0n) is 13.1. The van der Waals surface area contributed by atoms with Crippen LogP contribution < -0.4 is 5.32 Å². The molecule has 2 rings (SSSR count). The molecule has 0 spiro atoms. The van der Waals surface area contributed by atoms with Gasteiger partial charge in [-0.25, -0.2) is 0 Å². The van der Waals surface area contributed by atoms with Gasteiger partial charge in [0, 0.05) is 26.8 Å². The highest BCUT2D eigenvalue weighted by Crippen LogP contribution is 2.45. The molecule has 1 heterocycles. The maximum absolute atomic E-state index is 12.8. The number of nitrogens with zero attached hydrogens (tertiary/aromatic N) is 1. The molecule has 0 bridgehead atoms. The van der Waals surface area contributed by atoms with Crippen LogP contribution in [0.15, 0.2) is 0 Å². The lowest BCUT2D eigenvalue weighted by Crippen LogP contribution is -2.51. The van der Waals surface area contributed by atoms with Crippen LogP contribution in [-0.4, -0.2) is 50.7 Å². The number of hydrogen-bond donors (Lipinski definition) is 1. The van der Waals surface area contributed by atoms with Gasteiger partial charge in [-0.1, -0.05) is 13.3 Å². The van der Waals surface area contributed by atoms with Crippen LogP contribution in [0.4, 0.5) is 0 Å². The maximum atomic E-state index is 12.8. The molecule has 2 fully saturated rings. The third-order valence-electron chi connectivity index (χ3n) is 5.13. The lowest BCUT2D eigenvalue weighted by molar-refractivity contribution is -0.150. The van der Waals surface area contributed by atoms with Crippen LogP contribution in [0.25, 0.3) is 0 Å². The molecule has 4 nitrogen and oxygen atoms in total. The second-order valence-corrected chi connectivity index (χ2v) is 6.42. The normalized spacial score (nSPS) is 22.6. The number of carbonyl (C=O) groups excluding carboxylic acids is 1. The van der Waals surface area contributed by atoms with E-state index in [4.69, 9.17) is 4.74 Å². The summed E-state index contributed by atoms with van der Waals surface area (Å²) in [5.74, 6) is 1.15. The van der Waals surface area contributed by atoms with Crippen molar-refractivity contribution >= 4 is 5.91 Å². The molecule has 0 aromatic carbocycles. The second-order valence-electron chi connectivity index (χ2n) is 6.42. The number of hydrogen-bond acceptors (Lipinski definition) is 3. The third kappa shape index (κ3) is 3.53. The first-order valence-electron chi connectivity index (χ1n) is 8.21. The van der Waals surface area contributed by atoms with Crippen LogP contribution >= 0.6 is 0 Å². The fourth-order valence-electron chi connectivity index (χ4n) is 3.50. The summed E-state index contributed by atoms with van der Waals surface area (Å²) in [6.45, 7) is 6.90. The van der Waals surface area contributed by atoms with Crippen LogP contribution in [0.1, 0.15) is 45.4 Å². The zero-order chi connectivity index (χ0) is 14.4. The predicted molar refractivity (Wildman–Crippen MR) is 80.6 cm³/mol. The molecule has 0 atom stereocenters. The molecule has 2 aliphatic rings. The summed E-state index contributed by atoms with van der Waals surface area (Å²) in [7, 11) is 1.73. The predicted octanol–water partition coefficient (Wildman–Crippen LogP) is 2.04. The number of rotatable bonds is 7. The molecule has 1 aliphatic carbocycles. The molecular formula is C16H30N2O2. The Morgan fingerprint density at radius 3 is 2.55 bits per heavy atom. The molecule has 4 heteroatoms. The van der Waals surface area contributed by atoms with Crippen molar-refractivity contribution in [1.82, 2.24) is 10.2 Å². The monoisotopic (exact) mass is 282 g/mol. The Morgan fingerprint density at radius 1 is 1.35 bits per heavy atom. The van der Waals surface area contributed by atoms with Gasteiger partial charge in [0.25, 0.3) is 0 Å². The minimum atomic E-state index is -0.0789. The molecule has 116 valence electrons. The quantitative estimate of drug-likeness (QED) is 0.777. The Labute approximate surface area is 123 Å². The molecule has 20 heavy (non-hydrogen) atoms. The van der Waals surface area contributed by atoms with Gasteiger partial charge in [-0.05, 0) is 51.1 Å². The smallest absolute Gasteiger partial charge is 0.228 e. The van der Waals surface area contributed by atoms with Gasteiger partial charge >= 0.3 is 0 Å². The average Bonchev–Trinajstić information content (AvgIpc) is 2.44. The Balaban J connectivity index is 1.81. The van der Waals surface area contributed by atoms with E-state index in [1.165, 1.54) is 6.42 Å². The van der Waals surface area contributed by atoms with Crippen molar-refractivity contribution < 1.29 is 9.53 Å². The van der Waals surface area contributed by atoms with Gasteiger partial charge in [-0.2, -0.15) is 0 Å². The summed E-state index contributed by atoms with van der Waals surface area (Å²) in [6.07, 6.45) is 6.53. The highest BCUT2D eigenvalue weighted by atomic mass is 16.5. The zero-order valence-corrected chi connectivity index (χ0v) is 13.1. The number of carbonyl (C=O) groups is 1. The third-order valence-corrected chi connectivity index (χ3v) is 5.13. The average molecular weight is 282 g/mol. The molecule has 1 N–H and O–H groups in total. The second kappa shape index (κ2) is 7.41. The molecule has 1 saturated carbocycles. The van der Waals surface area contributed by atoms with Gasteiger partial charge in [-0.3, -0.25) is 4.79 Å². The van der Waals surface area contributed by atoms with Crippen LogP contribution in [0.2, 0.25) is 0 Å². The van der Waals surface area contributed by atoms with Gasteiger partial charge in [-0.15, -0.1) is 0 Å². The number of amides is 1. The molecule has 0 aromatic heterocycles. The van der Waals surface area contributed by atoms with E-state index >= 15 is 0 Å². The van der Waals surface area contributed by atoms with E-state index in [-0.39, 0.29) is 5.41 Å². The van der Waals surface area contributed by atoms with E-state index < -0.39 is 0 Å². The largest absolute Gasteiger partial charge is 0.385 e. The van der Waals surface area contributed by atoms with Crippen molar-refractivity contribution in [2.45, 2.75) is 45.4 Å². The van der Waals surface area contributed by atoms with Gasteiger partial charge < -0.3 is 15.0 Å². The molecule has 1 aliphatic heterocycles. The van der Waals surface area contributed by atoms with Crippen molar-refractivity contribution in [3.63, 3.8) is 0 Å². The lowest BCUT2D eigenvalue weighted by Gasteiger charge is -2.45. The Hall–Kier alpha value is -0.610. The first-order valence-corrected chi connectivity index (χ1v) is 8.21. The molecule has 1 amide bonds. The fraction of sp³-hybridized carbons (Fsp3) is 0.938. The molecule has 1 saturated heterocycles. The number of nitrogens with one attached hydrogen (secondary N) is 1. The topological polar surface area (TPSA) is 41.6 Å². The van der Waals surface area contributed by atoms with Gasteiger partial charge in [0.15, 0.2) is 0 Å². The molecular weight excluding hydrogens is 252 g/mol. The maximum Gasteiger partial charge on any atom is 0.228 e. The van der Waals surface area contributed by atoms with E-state index in [9.17, 15) is 4.79 Å². The number of likely N-dealkylation sites (tertiary alicyclic amines) is 1. The number of ether oxygens (including phenoxy) is 1. The van der Waals surface area contributed by atoms with E-state index in [0.717, 1.165) is 64.2 Å². The van der Waals surface area contributed by atoms with Crippen molar-refractivity contribution in [3.05, 3.63) is 0 Å². The summed E-state index contributed by atoms with van der Waals surface area (Å²) in [4.78, 5) is 14.9. The van der Waals surface area contributed by atoms with E-state index in [0.29, 0.717) is 12.5 Å². The molecule has 0 unspecified atom stereocenters. The summed E-state index contributed by atoms with van der Waals surface area (Å²) < 4.78 is 5.19. The van der Waals surface area contributed by atoms with Gasteiger partial charge in [0.2, 0.25) is 5.91 Å². The van der Waals surface area contributed by atoms with Crippen molar-refractivity contribution in [2.24, 2.45) is 11.3 Å².